The maximum atomic E-state index is 12.2. The maximum absolute atomic E-state index is 12.2. The summed E-state index contributed by atoms with van der Waals surface area (Å²) in [4.78, 5) is 14.2. The Bertz CT molecular complexity index is 500. The van der Waals surface area contributed by atoms with E-state index in [4.69, 9.17) is 4.74 Å². The summed E-state index contributed by atoms with van der Waals surface area (Å²) in [5.41, 5.74) is 2.83. The van der Waals surface area contributed by atoms with Crippen molar-refractivity contribution in [1.29, 1.82) is 0 Å². The van der Waals surface area contributed by atoms with Gasteiger partial charge in [-0.15, -0.1) is 0 Å². The van der Waals surface area contributed by atoms with Crippen LogP contribution >= 0.6 is 0 Å². The molecule has 0 spiro atoms. The molecule has 0 radical (unpaired) electrons. The molecule has 0 aliphatic rings. The molecule has 0 saturated carbocycles. The maximum Gasteiger partial charge on any atom is 0.308 e. The number of nitrogens with zero attached hydrogens (tertiary/aromatic N) is 1. The van der Waals surface area contributed by atoms with Crippen molar-refractivity contribution in [2.75, 3.05) is 27.2 Å². The summed E-state index contributed by atoms with van der Waals surface area (Å²) in [6, 6.07) is 8.88. The topological polar surface area (TPSA) is 29.5 Å². The Morgan fingerprint density at radius 1 is 1.17 bits per heavy atom. The van der Waals surface area contributed by atoms with Crippen LogP contribution in [0.3, 0.4) is 0 Å². The van der Waals surface area contributed by atoms with E-state index in [-0.39, 0.29) is 17.3 Å². The van der Waals surface area contributed by atoms with Crippen LogP contribution in [0.5, 0.6) is 0 Å². The predicted octanol–water partition coefficient (Wildman–Crippen LogP) is 4.61. The Balaban J connectivity index is 2.64. The SMILES string of the molecule is CCC(CC(C)C(=O)OCCN(C)C)c1ccc(C(C)(C)C)cc1. The molecular weight excluding hydrogens is 298 g/mol. The summed E-state index contributed by atoms with van der Waals surface area (Å²) >= 11 is 0. The van der Waals surface area contributed by atoms with E-state index in [1.54, 1.807) is 0 Å². The van der Waals surface area contributed by atoms with Crippen molar-refractivity contribution in [2.24, 2.45) is 5.92 Å². The first-order valence-electron chi connectivity index (χ1n) is 9.07. The van der Waals surface area contributed by atoms with E-state index in [1.165, 1.54) is 11.1 Å². The molecule has 0 aromatic heterocycles. The van der Waals surface area contributed by atoms with Gasteiger partial charge >= 0.3 is 5.97 Å². The second kappa shape index (κ2) is 9.22. The Morgan fingerprint density at radius 3 is 2.21 bits per heavy atom. The molecule has 136 valence electrons. The van der Waals surface area contributed by atoms with Crippen LogP contribution in [-0.4, -0.2) is 38.1 Å². The lowest BCUT2D eigenvalue weighted by Gasteiger charge is -2.22. The van der Waals surface area contributed by atoms with Crippen LogP contribution < -0.4 is 0 Å². The fraction of sp³-hybridized carbons (Fsp3) is 0.667. The van der Waals surface area contributed by atoms with Gasteiger partial charge in [0.1, 0.15) is 6.61 Å². The number of carbonyl (C=O) groups is 1. The highest BCUT2D eigenvalue weighted by Crippen LogP contribution is 2.30. The van der Waals surface area contributed by atoms with Crippen LogP contribution in [0.15, 0.2) is 24.3 Å². The summed E-state index contributed by atoms with van der Waals surface area (Å²) in [6.07, 6.45) is 1.87. The zero-order valence-corrected chi connectivity index (χ0v) is 16.6. The lowest BCUT2D eigenvalue weighted by atomic mass is 9.83. The molecule has 1 rings (SSSR count). The van der Waals surface area contributed by atoms with E-state index in [1.807, 2.05) is 25.9 Å². The second-order valence-corrected chi connectivity index (χ2v) is 8.08. The zero-order valence-electron chi connectivity index (χ0n) is 16.6. The molecule has 0 amide bonds. The molecule has 0 aliphatic heterocycles. The minimum atomic E-state index is -0.0818. The third-order valence-electron chi connectivity index (χ3n) is 4.56. The molecular formula is C21H35NO2. The van der Waals surface area contributed by atoms with Crippen molar-refractivity contribution in [3.63, 3.8) is 0 Å². The number of likely N-dealkylation sites (N-methyl/N-ethyl adjacent to an activating group) is 1. The first-order valence-corrected chi connectivity index (χ1v) is 9.07. The number of ether oxygens (including phenoxy) is 1. The number of rotatable bonds is 8. The van der Waals surface area contributed by atoms with Crippen LogP contribution in [0, 0.1) is 5.92 Å². The fourth-order valence-corrected chi connectivity index (χ4v) is 2.79. The molecule has 0 heterocycles. The molecule has 0 fully saturated rings. The van der Waals surface area contributed by atoms with Gasteiger partial charge in [0.2, 0.25) is 0 Å². The predicted molar refractivity (Wildman–Crippen MR) is 101 cm³/mol. The third kappa shape index (κ3) is 6.64. The molecule has 2 unspecified atom stereocenters. The van der Waals surface area contributed by atoms with Crippen molar-refractivity contribution >= 4 is 5.97 Å². The van der Waals surface area contributed by atoms with Gasteiger partial charge < -0.3 is 9.64 Å². The number of benzene rings is 1. The Hall–Kier alpha value is -1.35. The van der Waals surface area contributed by atoms with Crippen LogP contribution in [0.1, 0.15) is 64.5 Å². The molecule has 3 heteroatoms. The highest BCUT2D eigenvalue weighted by molar-refractivity contribution is 5.72. The van der Waals surface area contributed by atoms with Gasteiger partial charge in [-0.2, -0.15) is 0 Å². The van der Waals surface area contributed by atoms with Crippen LogP contribution in [0.4, 0.5) is 0 Å². The average molecular weight is 334 g/mol. The van der Waals surface area contributed by atoms with Gasteiger partial charge in [-0.1, -0.05) is 58.9 Å². The van der Waals surface area contributed by atoms with Crippen molar-refractivity contribution in [2.45, 2.75) is 58.8 Å². The van der Waals surface area contributed by atoms with Crippen LogP contribution in [0.2, 0.25) is 0 Å². The molecule has 0 aliphatic carbocycles. The van der Waals surface area contributed by atoms with Gasteiger partial charge in [-0.3, -0.25) is 4.79 Å². The molecule has 0 bridgehead atoms. The number of hydrogen-bond acceptors (Lipinski definition) is 3. The number of carbonyl (C=O) groups excluding carboxylic acids is 1. The lowest BCUT2D eigenvalue weighted by molar-refractivity contribution is -0.148. The van der Waals surface area contributed by atoms with Crippen molar-refractivity contribution in [3.8, 4) is 0 Å². The molecule has 2 atom stereocenters. The number of hydrogen-bond donors (Lipinski definition) is 0. The standard InChI is InChI=1S/C21H35NO2/c1-8-17(15-16(2)20(23)24-14-13-22(6)7)18-9-11-19(12-10-18)21(3,4)5/h9-12,16-17H,8,13-15H2,1-7H3. The van der Waals surface area contributed by atoms with E-state index in [9.17, 15) is 4.79 Å². The largest absolute Gasteiger partial charge is 0.464 e. The van der Waals surface area contributed by atoms with Gasteiger partial charge in [0.15, 0.2) is 0 Å². The minimum Gasteiger partial charge on any atom is -0.464 e. The number of esters is 1. The zero-order chi connectivity index (χ0) is 18.3. The molecule has 0 saturated heterocycles. The molecule has 1 aromatic rings. The monoisotopic (exact) mass is 333 g/mol. The van der Waals surface area contributed by atoms with E-state index in [0.717, 1.165) is 19.4 Å². The second-order valence-electron chi connectivity index (χ2n) is 8.08. The lowest BCUT2D eigenvalue weighted by Crippen LogP contribution is -2.23. The van der Waals surface area contributed by atoms with Gasteiger partial charge in [-0.05, 0) is 49.4 Å². The highest BCUT2D eigenvalue weighted by atomic mass is 16.5. The molecule has 1 aromatic carbocycles. The quantitative estimate of drug-likeness (QED) is 0.651. The van der Waals surface area contributed by atoms with E-state index < -0.39 is 0 Å². The third-order valence-corrected chi connectivity index (χ3v) is 4.56. The van der Waals surface area contributed by atoms with E-state index in [2.05, 4.69) is 52.0 Å². The van der Waals surface area contributed by atoms with Gasteiger partial charge in [0.25, 0.3) is 0 Å². The van der Waals surface area contributed by atoms with E-state index >= 15 is 0 Å². The molecule has 3 nitrogen and oxygen atoms in total. The summed E-state index contributed by atoms with van der Waals surface area (Å²) in [5.74, 6) is 0.247. The van der Waals surface area contributed by atoms with Crippen LogP contribution in [0.25, 0.3) is 0 Å². The first kappa shape index (κ1) is 20.7. The van der Waals surface area contributed by atoms with Crippen LogP contribution in [-0.2, 0) is 14.9 Å². The summed E-state index contributed by atoms with van der Waals surface area (Å²) in [7, 11) is 3.96. The molecule has 24 heavy (non-hydrogen) atoms. The van der Waals surface area contributed by atoms with Crippen molar-refractivity contribution < 1.29 is 9.53 Å². The Labute approximate surface area is 148 Å². The van der Waals surface area contributed by atoms with E-state index in [0.29, 0.717) is 12.5 Å². The summed E-state index contributed by atoms with van der Waals surface area (Å²) < 4.78 is 5.38. The average Bonchev–Trinajstić information content (AvgIpc) is 2.51. The van der Waals surface area contributed by atoms with Crippen molar-refractivity contribution in [3.05, 3.63) is 35.4 Å². The summed E-state index contributed by atoms with van der Waals surface area (Å²) in [5, 5.41) is 0. The summed E-state index contributed by atoms with van der Waals surface area (Å²) in [6.45, 7) is 12.1. The Kier molecular flexibility index (Phi) is 7.95. The minimum absolute atomic E-state index is 0.0700. The molecule has 0 N–H and O–H groups in total. The van der Waals surface area contributed by atoms with Gasteiger partial charge in [0, 0.05) is 6.54 Å². The fourth-order valence-electron chi connectivity index (χ4n) is 2.79. The Morgan fingerprint density at radius 2 is 1.75 bits per heavy atom. The smallest absolute Gasteiger partial charge is 0.308 e. The van der Waals surface area contributed by atoms with Gasteiger partial charge in [-0.25, -0.2) is 0 Å². The van der Waals surface area contributed by atoms with Gasteiger partial charge in [0.05, 0.1) is 5.92 Å². The highest BCUT2D eigenvalue weighted by Gasteiger charge is 2.21. The normalized spacial score (nSPS) is 14.5. The van der Waals surface area contributed by atoms with Crippen molar-refractivity contribution in [1.82, 2.24) is 4.90 Å². The first-order chi connectivity index (χ1) is 11.1.